The van der Waals surface area contributed by atoms with Crippen LogP contribution in [0.25, 0.3) is 0 Å². The van der Waals surface area contributed by atoms with Gasteiger partial charge in [0.25, 0.3) is 0 Å². The summed E-state index contributed by atoms with van der Waals surface area (Å²) in [5.74, 6) is -0.398. The molecule has 0 N–H and O–H groups in total. The van der Waals surface area contributed by atoms with Gasteiger partial charge in [-0.2, -0.15) is 13.2 Å². The van der Waals surface area contributed by atoms with Crippen LogP contribution >= 0.6 is 0 Å². The van der Waals surface area contributed by atoms with E-state index in [9.17, 15) is 13.2 Å². The number of rotatable bonds is 2. The summed E-state index contributed by atoms with van der Waals surface area (Å²) < 4.78 is 36.5. The van der Waals surface area contributed by atoms with Crippen molar-refractivity contribution in [2.45, 2.75) is 26.1 Å². The van der Waals surface area contributed by atoms with Gasteiger partial charge < -0.3 is 0 Å². The molecule has 1 unspecified atom stereocenters. The molecule has 0 saturated carbocycles. The van der Waals surface area contributed by atoms with Crippen molar-refractivity contribution in [2.24, 2.45) is 5.92 Å². The monoisotopic (exact) mass is 169 g/mol. The van der Waals surface area contributed by atoms with Crippen molar-refractivity contribution in [3.63, 3.8) is 0 Å². The molecule has 0 amide bonds. The lowest BCUT2D eigenvalue weighted by Crippen LogP contribution is -2.45. The molecule has 0 aliphatic carbocycles. The van der Waals surface area contributed by atoms with Crippen LogP contribution in [0.1, 0.15) is 13.8 Å². The van der Waals surface area contributed by atoms with Crippen LogP contribution in [-0.4, -0.2) is 31.2 Å². The fraction of sp³-hybridized carbons (Fsp3) is 1.00. The van der Waals surface area contributed by atoms with E-state index in [1.54, 1.807) is 13.8 Å². The average molecular weight is 169 g/mol. The molecule has 0 spiro atoms. The van der Waals surface area contributed by atoms with Crippen LogP contribution in [0.2, 0.25) is 0 Å². The zero-order chi connectivity index (χ0) is 9.23. The highest BCUT2D eigenvalue weighted by atomic mass is 19.4. The van der Waals surface area contributed by atoms with Gasteiger partial charge in [-0.25, -0.2) is 0 Å². The number of alkyl halides is 3. The van der Waals surface area contributed by atoms with Crippen molar-refractivity contribution in [3.05, 3.63) is 0 Å². The minimum atomic E-state index is -4.11. The van der Waals surface area contributed by atoms with Gasteiger partial charge in [-0.1, -0.05) is 13.8 Å². The molecule has 0 fully saturated rings. The Hall–Kier alpha value is -0.250. The third kappa shape index (κ3) is 3.10. The predicted molar refractivity (Wildman–Crippen MR) is 38.4 cm³/mol. The lowest BCUT2D eigenvalue weighted by Gasteiger charge is -2.29. The molecule has 0 aromatic carbocycles. The van der Waals surface area contributed by atoms with Gasteiger partial charge in [0.2, 0.25) is 0 Å². The minimum absolute atomic E-state index is 0.398. The van der Waals surface area contributed by atoms with Crippen LogP contribution in [0.4, 0.5) is 13.2 Å². The quantitative estimate of drug-likeness (QED) is 0.612. The number of hydrogen-bond donors (Lipinski definition) is 0. The van der Waals surface area contributed by atoms with E-state index < -0.39 is 18.1 Å². The molecular formula is C7H14F3N. The summed E-state index contributed by atoms with van der Waals surface area (Å²) in [7, 11) is 2.89. The molecule has 0 aliphatic heterocycles. The second kappa shape index (κ2) is 3.43. The first-order chi connectivity index (χ1) is 4.76. The number of halogens is 3. The van der Waals surface area contributed by atoms with Crippen LogP contribution in [-0.2, 0) is 0 Å². The topological polar surface area (TPSA) is 3.24 Å². The summed E-state index contributed by atoms with van der Waals surface area (Å²) in [6, 6.07) is -1.33. The van der Waals surface area contributed by atoms with Gasteiger partial charge in [0.1, 0.15) is 6.04 Å². The summed E-state index contributed by atoms with van der Waals surface area (Å²) in [5.41, 5.74) is 0. The van der Waals surface area contributed by atoms with Gasteiger partial charge in [-0.3, -0.25) is 4.90 Å². The Morgan fingerprint density at radius 2 is 1.45 bits per heavy atom. The Morgan fingerprint density at radius 3 is 1.45 bits per heavy atom. The highest BCUT2D eigenvalue weighted by Crippen LogP contribution is 2.28. The molecule has 0 bridgehead atoms. The summed E-state index contributed by atoms with van der Waals surface area (Å²) in [5, 5.41) is 0. The molecule has 1 atom stereocenters. The van der Waals surface area contributed by atoms with Crippen molar-refractivity contribution in [3.8, 4) is 0 Å². The molecule has 0 aromatic rings. The van der Waals surface area contributed by atoms with Crippen LogP contribution in [0.3, 0.4) is 0 Å². The van der Waals surface area contributed by atoms with E-state index >= 15 is 0 Å². The Balaban J connectivity index is 4.35. The summed E-state index contributed by atoms with van der Waals surface area (Å²) in [4.78, 5) is 1.20. The van der Waals surface area contributed by atoms with Gasteiger partial charge >= 0.3 is 6.18 Å². The fourth-order valence-corrected chi connectivity index (χ4v) is 1.27. The SMILES string of the molecule is CC(C)C(N(C)C)C(F)(F)F. The zero-order valence-electron chi connectivity index (χ0n) is 7.24. The number of hydrogen-bond acceptors (Lipinski definition) is 1. The second-order valence-electron chi connectivity index (χ2n) is 3.19. The molecule has 0 aliphatic rings. The number of nitrogens with zero attached hydrogens (tertiary/aromatic N) is 1. The van der Waals surface area contributed by atoms with E-state index in [1.165, 1.54) is 19.0 Å². The molecule has 11 heavy (non-hydrogen) atoms. The summed E-state index contributed by atoms with van der Waals surface area (Å²) in [6.45, 7) is 3.14. The lowest BCUT2D eigenvalue weighted by molar-refractivity contribution is -0.187. The van der Waals surface area contributed by atoms with Crippen molar-refractivity contribution in [2.75, 3.05) is 14.1 Å². The predicted octanol–water partition coefficient (Wildman–Crippen LogP) is 2.13. The van der Waals surface area contributed by atoms with Crippen molar-refractivity contribution >= 4 is 0 Å². The highest BCUT2D eigenvalue weighted by molar-refractivity contribution is 4.77. The van der Waals surface area contributed by atoms with Gasteiger partial charge in [0.05, 0.1) is 0 Å². The maximum Gasteiger partial charge on any atom is 0.404 e. The van der Waals surface area contributed by atoms with Gasteiger partial charge in [-0.15, -0.1) is 0 Å². The van der Waals surface area contributed by atoms with Crippen LogP contribution in [0.15, 0.2) is 0 Å². The Morgan fingerprint density at radius 1 is 1.09 bits per heavy atom. The largest absolute Gasteiger partial charge is 0.404 e. The van der Waals surface area contributed by atoms with Crippen molar-refractivity contribution in [1.82, 2.24) is 4.90 Å². The van der Waals surface area contributed by atoms with E-state index in [1.807, 2.05) is 0 Å². The van der Waals surface area contributed by atoms with Crippen LogP contribution in [0.5, 0.6) is 0 Å². The van der Waals surface area contributed by atoms with Gasteiger partial charge in [-0.05, 0) is 20.0 Å². The minimum Gasteiger partial charge on any atom is -0.298 e. The van der Waals surface area contributed by atoms with Crippen molar-refractivity contribution in [1.29, 1.82) is 0 Å². The molecule has 1 nitrogen and oxygen atoms in total. The van der Waals surface area contributed by atoms with Gasteiger partial charge in [0, 0.05) is 0 Å². The summed E-state index contributed by atoms with van der Waals surface area (Å²) >= 11 is 0. The van der Waals surface area contributed by atoms with E-state index in [-0.39, 0.29) is 0 Å². The third-order valence-corrected chi connectivity index (χ3v) is 1.52. The smallest absolute Gasteiger partial charge is 0.298 e. The highest BCUT2D eigenvalue weighted by Gasteiger charge is 2.42. The average Bonchev–Trinajstić information content (AvgIpc) is 1.54. The second-order valence-corrected chi connectivity index (χ2v) is 3.19. The maximum atomic E-state index is 12.2. The van der Waals surface area contributed by atoms with Gasteiger partial charge in [0.15, 0.2) is 0 Å². The zero-order valence-corrected chi connectivity index (χ0v) is 7.24. The fourth-order valence-electron chi connectivity index (χ4n) is 1.27. The first kappa shape index (κ1) is 10.8. The molecular weight excluding hydrogens is 155 g/mol. The Labute approximate surface area is 65.2 Å². The Bertz CT molecular complexity index is 109. The first-order valence-corrected chi connectivity index (χ1v) is 3.50. The molecule has 0 radical (unpaired) electrons. The molecule has 68 valence electrons. The molecule has 4 heteroatoms. The third-order valence-electron chi connectivity index (χ3n) is 1.52. The lowest BCUT2D eigenvalue weighted by atomic mass is 10.0. The molecule has 0 rings (SSSR count). The first-order valence-electron chi connectivity index (χ1n) is 3.50. The molecule has 0 saturated heterocycles. The van der Waals surface area contributed by atoms with Crippen LogP contribution in [0, 0.1) is 5.92 Å². The van der Waals surface area contributed by atoms with E-state index in [0.29, 0.717) is 0 Å². The molecule has 0 heterocycles. The van der Waals surface area contributed by atoms with E-state index in [2.05, 4.69) is 0 Å². The van der Waals surface area contributed by atoms with E-state index in [4.69, 9.17) is 0 Å². The normalized spacial score (nSPS) is 16.1. The Kier molecular flexibility index (Phi) is 3.35. The maximum absolute atomic E-state index is 12.2. The standard InChI is InChI=1S/C7H14F3N/c1-5(2)6(11(3)4)7(8,9)10/h5-6H,1-4H3. The van der Waals surface area contributed by atoms with E-state index in [0.717, 1.165) is 0 Å². The van der Waals surface area contributed by atoms with Crippen molar-refractivity contribution < 1.29 is 13.2 Å². The van der Waals surface area contributed by atoms with Crippen LogP contribution < -0.4 is 0 Å². The molecule has 0 aromatic heterocycles. The summed E-state index contributed by atoms with van der Waals surface area (Å²) in [6.07, 6.45) is -4.11.